The zero-order valence-corrected chi connectivity index (χ0v) is 15.3. The minimum absolute atomic E-state index is 0.0597. The maximum absolute atomic E-state index is 13.4. The number of halogens is 2. The molecule has 0 N–H and O–H groups in total. The van der Waals surface area contributed by atoms with Gasteiger partial charge >= 0.3 is 5.97 Å². The minimum Gasteiger partial charge on any atom is -0.462 e. The number of cyclic esters (lactones) is 1. The molecule has 0 radical (unpaired) electrons. The summed E-state index contributed by atoms with van der Waals surface area (Å²) >= 11 is 0. The number of esters is 1. The topological polar surface area (TPSA) is 26.3 Å². The van der Waals surface area contributed by atoms with E-state index < -0.39 is 11.6 Å². The quantitative estimate of drug-likeness (QED) is 0.603. The van der Waals surface area contributed by atoms with Gasteiger partial charge in [-0.15, -0.1) is 0 Å². The Bertz CT molecular complexity index is 800. The number of benzene rings is 2. The Morgan fingerprint density at radius 1 is 0.852 bits per heavy atom. The predicted octanol–water partition coefficient (Wildman–Crippen LogP) is 6.00. The van der Waals surface area contributed by atoms with E-state index in [-0.39, 0.29) is 12.1 Å². The summed E-state index contributed by atoms with van der Waals surface area (Å²) in [4.78, 5) is 10.8. The summed E-state index contributed by atoms with van der Waals surface area (Å²) in [7, 11) is 0. The van der Waals surface area contributed by atoms with Crippen LogP contribution in [0.1, 0.15) is 56.4 Å². The van der Waals surface area contributed by atoms with Gasteiger partial charge in [0.15, 0.2) is 11.6 Å². The van der Waals surface area contributed by atoms with E-state index in [1.807, 2.05) is 12.1 Å². The summed E-state index contributed by atoms with van der Waals surface area (Å²) in [6.07, 6.45) is 7.72. The van der Waals surface area contributed by atoms with E-state index in [0.29, 0.717) is 17.9 Å². The first-order chi connectivity index (χ1) is 13.1. The molecule has 1 heterocycles. The van der Waals surface area contributed by atoms with Crippen LogP contribution in [0.5, 0.6) is 0 Å². The lowest BCUT2D eigenvalue weighted by Gasteiger charge is -2.31. The first-order valence-electron chi connectivity index (χ1n) is 9.83. The van der Waals surface area contributed by atoms with Crippen molar-refractivity contribution in [2.24, 2.45) is 5.92 Å². The predicted molar refractivity (Wildman–Crippen MR) is 100 cm³/mol. The summed E-state index contributed by atoms with van der Waals surface area (Å²) in [5.41, 5.74) is 2.93. The second-order valence-corrected chi connectivity index (χ2v) is 7.86. The van der Waals surface area contributed by atoms with Crippen LogP contribution in [0, 0.1) is 17.6 Å². The molecule has 2 aliphatic rings. The van der Waals surface area contributed by atoms with Gasteiger partial charge in [-0.1, -0.05) is 30.3 Å². The number of hydrogen-bond donors (Lipinski definition) is 0. The normalized spacial score (nSPS) is 25.0. The molecular weight excluding hydrogens is 346 g/mol. The fraction of sp³-hybridized carbons (Fsp3) is 0.435. The summed E-state index contributed by atoms with van der Waals surface area (Å²) in [6.45, 7) is 0. The molecule has 1 aliphatic heterocycles. The summed E-state index contributed by atoms with van der Waals surface area (Å²) in [6, 6.07) is 12.3. The highest BCUT2D eigenvalue weighted by Gasteiger charge is 2.30. The van der Waals surface area contributed by atoms with Gasteiger partial charge in [0.25, 0.3) is 0 Å². The van der Waals surface area contributed by atoms with Gasteiger partial charge in [0.1, 0.15) is 6.10 Å². The van der Waals surface area contributed by atoms with Crippen molar-refractivity contribution in [1.29, 1.82) is 0 Å². The van der Waals surface area contributed by atoms with E-state index in [0.717, 1.165) is 24.3 Å². The molecule has 1 saturated carbocycles. The fourth-order valence-electron chi connectivity index (χ4n) is 4.35. The van der Waals surface area contributed by atoms with Crippen molar-refractivity contribution >= 4 is 5.97 Å². The molecule has 0 amide bonds. The summed E-state index contributed by atoms with van der Waals surface area (Å²) < 4.78 is 31.6. The number of carbonyl (C=O) groups excluding carboxylic acids is 1. The van der Waals surface area contributed by atoms with Crippen molar-refractivity contribution in [2.75, 3.05) is 0 Å². The lowest BCUT2D eigenvalue weighted by molar-refractivity contribution is -0.170. The zero-order valence-electron chi connectivity index (χ0n) is 15.3. The lowest BCUT2D eigenvalue weighted by Crippen LogP contribution is -2.33. The Hall–Kier alpha value is -2.23. The number of carbonyl (C=O) groups is 1. The second-order valence-electron chi connectivity index (χ2n) is 7.86. The molecule has 2 aromatic rings. The molecule has 0 aromatic heterocycles. The van der Waals surface area contributed by atoms with Crippen LogP contribution in [0.2, 0.25) is 0 Å². The van der Waals surface area contributed by atoms with Crippen LogP contribution in [0.25, 0.3) is 11.1 Å². The van der Waals surface area contributed by atoms with E-state index in [9.17, 15) is 13.6 Å². The third-order valence-corrected chi connectivity index (χ3v) is 6.07. The Balaban J connectivity index is 1.30. The lowest BCUT2D eigenvalue weighted by atomic mass is 9.76. The molecule has 2 fully saturated rings. The van der Waals surface area contributed by atoms with Crippen LogP contribution in [-0.4, -0.2) is 12.1 Å². The highest BCUT2D eigenvalue weighted by Crippen LogP contribution is 2.38. The molecule has 142 valence electrons. The van der Waals surface area contributed by atoms with Gasteiger partial charge in [0.05, 0.1) is 6.42 Å². The smallest absolute Gasteiger partial charge is 0.309 e. The zero-order chi connectivity index (χ0) is 18.8. The molecule has 1 atom stereocenters. The average Bonchev–Trinajstić information content (AvgIpc) is 2.67. The SMILES string of the molecule is O=C1CC(CCC2CCC(c3ccc(-c4ccc(F)c(F)c4)cc3)CC2)O1. The third-order valence-electron chi connectivity index (χ3n) is 6.07. The van der Waals surface area contributed by atoms with Crippen molar-refractivity contribution in [3.63, 3.8) is 0 Å². The first-order valence-corrected chi connectivity index (χ1v) is 9.83. The largest absolute Gasteiger partial charge is 0.462 e. The van der Waals surface area contributed by atoms with Crippen molar-refractivity contribution < 1.29 is 18.3 Å². The maximum atomic E-state index is 13.4. The van der Waals surface area contributed by atoms with Crippen molar-refractivity contribution in [3.8, 4) is 11.1 Å². The molecule has 2 nitrogen and oxygen atoms in total. The highest BCUT2D eigenvalue weighted by molar-refractivity contribution is 5.75. The summed E-state index contributed by atoms with van der Waals surface area (Å²) in [5.74, 6) is -0.381. The molecule has 4 rings (SSSR count). The van der Waals surface area contributed by atoms with E-state index in [1.54, 1.807) is 6.07 Å². The van der Waals surface area contributed by atoms with E-state index in [4.69, 9.17) is 4.74 Å². The number of ether oxygens (including phenoxy) is 1. The Kier molecular flexibility index (Phi) is 5.24. The monoisotopic (exact) mass is 370 g/mol. The van der Waals surface area contributed by atoms with Crippen LogP contribution < -0.4 is 0 Å². The second kappa shape index (κ2) is 7.79. The van der Waals surface area contributed by atoms with Gasteiger partial charge in [-0.25, -0.2) is 8.78 Å². The van der Waals surface area contributed by atoms with E-state index >= 15 is 0 Å². The summed E-state index contributed by atoms with van der Waals surface area (Å²) in [5, 5.41) is 0. The van der Waals surface area contributed by atoms with Crippen molar-refractivity contribution in [2.45, 2.75) is 57.0 Å². The molecule has 4 heteroatoms. The Morgan fingerprint density at radius 3 is 2.15 bits per heavy atom. The molecule has 27 heavy (non-hydrogen) atoms. The first kappa shape index (κ1) is 18.1. The van der Waals surface area contributed by atoms with E-state index in [2.05, 4.69) is 12.1 Å². The van der Waals surface area contributed by atoms with Gasteiger partial charge < -0.3 is 4.74 Å². The Morgan fingerprint density at radius 2 is 1.52 bits per heavy atom. The van der Waals surface area contributed by atoms with Gasteiger partial charge in [0.2, 0.25) is 0 Å². The van der Waals surface area contributed by atoms with Crippen LogP contribution in [0.4, 0.5) is 8.78 Å². The molecule has 1 saturated heterocycles. The molecule has 2 aromatic carbocycles. The highest BCUT2D eigenvalue weighted by atomic mass is 19.2. The molecule has 0 bridgehead atoms. The standard InChI is InChI=1S/C23H24F2O2/c24-21-12-10-19(13-22(21)25)18-8-6-17(7-9-18)16-4-1-15(2-5-16)3-11-20-14-23(26)27-20/h6-10,12-13,15-16,20H,1-5,11,14H2. The maximum Gasteiger partial charge on any atom is 0.309 e. The molecule has 0 spiro atoms. The Labute approximate surface area is 158 Å². The third kappa shape index (κ3) is 4.20. The number of rotatable bonds is 5. The van der Waals surface area contributed by atoms with E-state index in [1.165, 1.54) is 43.4 Å². The van der Waals surface area contributed by atoms with Gasteiger partial charge in [-0.05, 0) is 79.2 Å². The van der Waals surface area contributed by atoms with Crippen LogP contribution in [-0.2, 0) is 9.53 Å². The van der Waals surface area contributed by atoms with Crippen molar-refractivity contribution in [3.05, 3.63) is 59.7 Å². The van der Waals surface area contributed by atoms with Crippen LogP contribution >= 0.6 is 0 Å². The van der Waals surface area contributed by atoms with Gasteiger partial charge in [0, 0.05) is 0 Å². The molecule has 1 aliphatic carbocycles. The average molecular weight is 370 g/mol. The van der Waals surface area contributed by atoms with Crippen LogP contribution in [0.3, 0.4) is 0 Å². The fourth-order valence-corrected chi connectivity index (χ4v) is 4.35. The van der Waals surface area contributed by atoms with Gasteiger partial charge in [-0.3, -0.25) is 4.79 Å². The van der Waals surface area contributed by atoms with Crippen molar-refractivity contribution in [1.82, 2.24) is 0 Å². The minimum atomic E-state index is -0.817. The van der Waals surface area contributed by atoms with Crippen LogP contribution in [0.15, 0.2) is 42.5 Å². The molecule has 1 unspecified atom stereocenters. The molecular formula is C23H24F2O2. The van der Waals surface area contributed by atoms with Gasteiger partial charge in [-0.2, -0.15) is 0 Å². The number of hydrogen-bond acceptors (Lipinski definition) is 2.